The van der Waals surface area contributed by atoms with Gasteiger partial charge in [-0.2, -0.15) is 11.8 Å². The molecular weight excluding hydrogens is 247 g/mol. The van der Waals surface area contributed by atoms with E-state index >= 15 is 0 Å². The van der Waals surface area contributed by atoms with Crippen LogP contribution in [0.1, 0.15) is 25.8 Å². The Hall–Kier alpha value is -0.645. The number of hydrogen-bond donors (Lipinski definition) is 2. The second kappa shape index (κ2) is 7.72. The molecule has 0 amide bonds. The molecule has 0 aliphatic carbocycles. The maximum Gasteiger partial charge on any atom is 0.492 e. The number of ether oxygens (including phenoxy) is 1. The van der Waals surface area contributed by atoms with E-state index in [4.69, 9.17) is 4.74 Å². The van der Waals surface area contributed by atoms with E-state index in [0.29, 0.717) is 11.2 Å². The van der Waals surface area contributed by atoms with E-state index < -0.39 is 7.12 Å². The quantitative estimate of drug-likeness (QED) is 0.583. The Morgan fingerprint density at radius 3 is 2.61 bits per heavy atom. The Kier molecular flexibility index (Phi) is 6.61. The zero-order valence-electron chi connectivity index (χ0n) is 11.2. The molecule has 1 aromatic rings. The molecule has 0 fully saturated rings. The lowest BCUT2D eigenvalue weighted by Gasteiger charge is -2.10. The fourth-order valence-corrected chi connectivity index (χ4v) is 2.78. The summed E-state index contributed by atoms with van der Waals surface area (Å²) in [5.41, 5.74) is 1.52. The third kappa shape index (κ3) is 4.92. The zero-order chi connectivity index (χ0) is 13.5. The van der Waals surface area contributed by atoms with E-state index in [9.17, 15) is 10.0 Å². The zero-order valence-corrected chi connectivity index (χ0v) is 12.0. The summed E-state index contributed by atoms with van der Waals surface area (Å²) >= 11 is 1.86. The molecule has 5 heteroatoms. The van der Waals surface area contributed by atoms with Gasteiger partial charge >= 0.3 is 7.12 Å². The van der Waals surface area contributed by atoms with Crippen molar-refractivity contribution in [3.8, 4) is 5.75 Å². The maximum absolute atomic E-state index is 9.27. The van der Waals surface area contributed by atoms with E-state index in [1.807, 2.05) is 17.8 Å². The van der Waals surface area contributed by atoms with Crippen LogP contribution in [0.4, 0.5) is 0 Å². The minimum atomic E-state index is -1.49. The summed E-state index contributed by atoms with van der Waals surface area (Å²) in [5.74, 6) is 3.25. The number of thioether (sulfide) groups is 1. The summed E-state index contributed by atoms with van der Waals surface area (Å²) in [4.78, 5) is 0. The van der Waals surface area contributed by atoms with Gasteiger partial charge < -0.3 is 14.8 Å². The van der Waals surface area contributed by atoms with Gasteiger partial charge in [0.1, 0.15) is 5.75 Å². The van der Waals surface area contributed by atoms with Gasteiger partial charge in [-0.25, -0.2) is 0 Å². The van der Waals surface area contributed by atoms with Crippen molar-refractivity contribution in [1.82, 2.24) is 0 Å². The Morgan fingerprint density at radius 1 is 1.33 bits per heavy atom. The number of hydrogen-bond acceptors (Lipinski definition) is 4. The average molecular weight is 268 g/mol. The van der Waals surface area contributed by atoms with Gasteiger partial charge in [-0.05, 0) is 29.7 Å². The van der Waals surface area contributed by atoms with Crippen LogP contribution in [0.5, 0.6) is 5.75 Å². The smallest absolute Gasteiger partial charge is 0.492 e. The second-order valence-electron chi connectivity index (χ2n) is 4.69. The van der Waals surface area contributed by atoms with Gasteiger partial charge in [-0.3, -0.25) is 0 Å². The van der Waals surface area contributed by atoms with Gasteiger partial charge in [-0.1, -0.05) is 26.0 Å². The minimum Gasteiger partial charge on any atom is -0.497 e. The van der Waals surface area contributed by atoms with E-state index in [0.717, 1.165) is 23.0 Å². The largest absolute Gasteiger partial charge is 0.497 e. The van der Waals surface area contributed by atoms with Crippen molar-refractivity contribution in [3.05, 3.63) is 23.8 Å². The van der Waals surface area contributed by atoms with Crippen LogP contribution in [0, 0.1) is 5.92 Å². The number of rotatable bonds is 7. The summed E-state index contributed by atoms with van der Waals surface area (Å²) in [6, 6.07) is 5.55. The summed E-state index contributed by atoms with van der Waals surface area (Å²) < 4.78 is 5.09. The standard InChI is InChI=1S/C13H21BO3S/c1-10(2)6-7-18-9-11-4-5-13(17-3)12(8-11)14(15)16/h4-5,8,10,15-16H,6-7,9H2,1-3H3. The first-order chi connectivity index (χ1) is 8.54. The molecule has 0 aromatic heterocycles. The van der Waals surface area contributed by atoms with E-state index in [2.05, 4.69) is 13.8 Å². The van der Waals surface area contributed by atoms with Crippen LogP contribution in [0.25, 0.3) is 0 Å². The topological polar surface area (TPSA) is 49.7 Å². The second-order valence-corrected chi connectivity index (χ2v) is 5.79. The van der Waals surface area contributed by atoms with Crippen molar-refractivity contribution >= 4 is 24.3 Å². The van der Waals surface area contributed by atoms with Crippen molar-refractivity contribution in [2.24, 2.45) is 5.92 Å². The lowest BCUT2D eigenvalue weighted by molar-refractivity contribution is 0.403. The normalized spacial score (nSPS) is 10.8. The Morgan fingerprint density at radius 2 is 2.06 bits per heavy atom. The summed E-state index contributed by atoms with van der Waals surface area (Å²) in [6.45, 7) is 4.43. The number of benzene rings is 1. The lowest BCUT2D eigenvalue weighted by Crippen LogP contribution is -2.31. The van der Waals surface area contributed by atoms with Crippen LogP contribution in [0.15, 0.2) is 18.2 Å². The van der Waals surface area contributed by atoms with Crippen LogP contribution in [0.3, 0.4) is 0 Å². The molecule has 1 aromatic carbocycles. The molecule has 0 radical (unpaired) electrons. The molecule has 0 bridgehead atoms. The van der Waals surface area contributed by atoms with Crippen LogP contribution in [-0.2, 0) is 5.75 Å². The highest BCUT2D eigenvalue weighted by Crippen LogP contribution is 2.17. The summed E-state index contributed by atoms with van der Waals surface area (Å²) in [6.07, 6.45) is 1.20. The van der Waals surface area contributed by atoms with Crippen molar-refractivity contribution < 1.29 is 14.8 Å². The van der Waals surface area contributed by atoms with Gasteiger partial charge in [0.25, 0.3) is 0 Å². The highest BCUT2D eigenvalue weighted by atomic mass is 32.2. The molecule has 0 heterocycles. The predicted octanol–water partition coefficient (Wildman–Crippen LogP) is 1.65. The molecule has 0 unspecified atom stereocenters. The predicted molar refractivity (Wildman–Crippen MR) is 78.4 cm³/mol. The monoisotopic (exact) mass is 268 g/mol. The Labute approximate surface area is 114 Å². The summed E-state index contributed by atoms with van der Waals surface area (Å²) in [7, 11) is 0.0405. The van der Waals surface area contributed by atoms with Gasteiger partial charge in [-0.15, -0.1) is 0 Å². The van der Waals surface area contributed by atoms with Gasteiger partial charge in [0, 0.05) is 11.2 Å². The van der Waals surface area contributed by atoms with Crippen molar-refractivity contribution in [2.45, 2.75) is 26.0 Å². The molecule has 0 atom stereocenters. The van der Waals surface area contributed by atoms with Crippen LogP contribution in [0.2, 0.25) is 0 Å². The van der Waals surface area contributed by atoms with E-state index in [1.54, 1.807) is 12.1 Å². The van der Waals surface area contributed by atoms with Crippen LogP contribution < -0.4 is 10.2 Å². The molecule has 2 N–H and O–H groups in total. The highest BCUT2D eigenvalue weighted by Gasteiger charge is 2.17. The first-order valence-corrected chi connectivity index (χ1v) is 7.30. The van der Waals surface area contributed by atoms with Crippen molar-refractivity contribution in [1.29, 1.82) is 0 Å². The third-order valence-corrected chi connectivity index (χ3v) is 3.74. The molecule has 18 heavy (non-hydrogen) atoms. The maximum atomic E-state index is 9.27. The van der Waals surface area contributed by atoms with Crippen LogP contribution >= 0.6 is 11.8 Å². The fourth-order valence-electron chi connectivity index (χ4n) is 1.58. The minimum absolute atomic E-state index is 0.430. The SMILES string of the molecule is COc1ccc(CSCCC(C)C)cc1B(O)O. The molecule has 1 rings (SSSR count). The average Bonchev–Trinajstić information content (AvgIpc) is 2.34. The molecule has 0 saturated carbocycles. The van der Waals surface area contributed by atoms with Gasteiger partial charge in [0.15, 0.2) is 0 Å². The van der Waals surface area contributed by atoms with Gasteiger partial charge in [0.2, 0.25) is 0 Å². The van der Waals surface area contributed by atoms with Crippen molar-refractivity contribution in [3.63, 3.8) is 0 Å². The van der Waals surface area contributed by atoms with E-state index in [-0.39, 0.29) is 0 Å². The molecule has 100 valence electrons. The van der Waals surface area contributed by atoms with E-state index in [1.165, 1.54) is 13.5 Å². The Bertz CT molecular complexity index is 369. The third-order valence-electron chi connectivity index (χ3n) is 2.68. The first-order valence-electron chi connectivity index (χ1n) is 6.15. The molecule has 0 aliphatic rings. The van der Waals surface area contributed by atoms with Crippen molar-refractivity contribution in [2.75, 3.05) is 12.9 Å². The summed E-state index contributed by atoms with van der Waals surface area (Å²) in [5, 5.41) is 18.5. The number of methoxy groups -OCH3 is 1. The first kappa shape index (κ1) is 15.4. The molecule has 0 aliphatic heterocycles. The molecule has 0 spiro atoms. The molecule has 3 nitrogen and oxygen atoms in total. The highest BCUT2D eigenvalue weighted by molar-refractivity contribution is 7.98. The van der Waals surface area contributed by atoms with Crippen LogP contribution in [-0.4, -0.2) is 30.0 Å². The Balaban J connectivity index is 2.59. The fraction of sp³-hybridized carbons (Fsp3) is 0.538. The molecular formula is C13H21BO3S. The van der Waals surface area contributed by atoms with Gasteiger partial charge in [0.05, 0.1) is 7.11 Å². The molecule has 0 saturated heterocycles. The lowest BCUT2D eigenvalue weighted by atomic mass is 9.79.